The van der Waals surface area contributed by atoms with Gasteiger partial charge in [-0.15, -0.1) is 0 Å². The van der Waals surface area contributed by atoms with Crippen molar-refractivity contribution in [1.82, 2.24) is 0 Å². The fraction of sp³-hybridized carbons (Fsp3) is 0.241. The molecule has 1 saturated heterocycles. The van der Waals surface area contributed by atoms with Crippen molar-refractivity contribution in [3.63, 3.8) is 0 Å². The minimum absolute atomic E-state index is 0.0667. The van der Waals surface area contributed by atoms with Crippen LogP contribution in [0.1, 0.15) is 36.1 Å². The molecule has 0 aromatic heterocycles. The summed E-state index contributed by atoms with van der Waals surface area (Å²) < 4.78 is 16.4. The van der Waals surface area contributed by atoms with E-state index >= 15 is 0 Å². The quantitative estimate of drug-likeness (QED) is 0.220. The van der Waals surface area contributed by atoms with Crippen molar-refractivity contribution in [2.24, 2.45) is 0 Å². The first-order valence-corrected chi connectivity index (χ1v) is 12.2. The molecule has 1 unspecified atom stereocenters. The zero-order chi connectivity index (χ0) is 26.7. The van der Waals surface area contributed by atoms with Gasteiger partial charge in [-0.05, 0) is 73.0 Å². The van der Waals surface area contributed by atoms with Gasteiger partial charge in [0.2, 0.25) is 0 Å². The number of methoxy groups -OCH3 is 2. The highest BCUT2D eigenvalue weighted by Gasteiger charge is 2.47. The molecule has 192 valence electrons. The highest BCUT2D eigenvalue weighted by molar-refractivity contribution is 6.51. The largest absolute Gasteiger partial charge is 0.507 e. The molecule has 0 bridgehead atoms. The van der Waals surface area contributed by atoms with E-state index in [1.165, 1.54) is 12.0 Å². The first-order chi connectivity index (χ1) is 17.8. The third-order valence-corrected chi connectivity index (χ3v) is 6.39. The fourth-order valence-electron chi connectivity index (χ4n) is 4.38. The first kappa shape index (κ1) is 26.1. The normalized spacial score (nSPS) is 16.7. The second kappa shape index (κ2) is 11.0. The summed E-state index contributed by atoms with van der Waals surface area (Å²) in [6.07, 6.45) is 0.861. The monoisotopic (exact) mass is 521 g/mol. The van der Waals surface area contributed by atoms with Gasteiger partial charge in [0.1, 0.15) is 23.0 Å². The number of Topliss-reactive ketones (excluding diaryl/α,β-unsaturated/α-hetero) is 1. The van der Waals surface area contributed by atoms with Gasteiger partial charge in [-0.25, -0.2) is 0 Å². The smallest absolute Gasteiger partial charge is 0.300 e. The lowest BCUT2D eigenvalue weighted by atomic mass is 9.94. The van der Waals surface area contributed by atoms with Crippen molar-refractivity contribution in [1.29, 1.82) is 0 Å². The predicted octanol–water partition coefficient (Wildman–Crippen LogP) is 6.08. The van der Waals surface area contributed by atoms with Crippen molar-refractivity contribution >= 4 is 34.7 Å². The molecule has 1 fully saturated rings. The van der Waals surface area contributed by atoms with E-state index in [1.54, 1.807) is 67.8 Å². The SMILES string of the molecule is CCCOc1ccc(C2/C(=C(\O)c3cc(C)cc(Cl)c3OC)C(=O)C(=O)N2c2ccc(OC)cc2)cc1. The highest BCUT2D eigenvalue weighted by atomic mass is 35.5. The molecule has 4 rings (SSSR count). The standard InChI is InChI=1S/C29H28ClNO6/c1-5-14-37-21-10-6-18(7-11-21)25-24(26(32)22-15-17(2)16-23(30)28(22)36-4)27(33)29(34)31(25)19-8-12-20(35-3)13-9-19/h6-13,15-16,25,32H,5,14H2,1-4H3/b26-24+. The molecule has 0 spiro atoms. The van der Waals surface area contributed by atoms with Crippen LogP contribution in [0, 0.1) is 6.92 Å². The summed E-state index contributed by atoms with van der Waals surface area (Å²) in [5, 5.41) is 11.8. The van der Waals surface area contributed by atoms with E-state index in [9.17, 15) is 14.7 Å². The van der Waals surface area contributed by atoms with E-state index in [0.29, 0.717) is 29.4 Å². The maximum Gasteiger partial charge on any atom is 0.300 e. The molecule has 0 saturated carbocycles. The van der Waals surface area contributed by atoms with Gasteiger partial charge in [-0.2, -0.15) is 0 Å². The lowest BCUT2D eigenvalue weighted by Gasteiger charge is -2.26. The van der Waals surface area contributed by atoms with E-state index in [0.717, 1.165) is 12.0 Å². The Morgan fingerprint density at radius 1 is 0.973 bits per heavy atom. The van der Waals surface area contributed by atoms with Gasteiger partial charge in [0.15, 0.2) is 0 Å². The number of hydrogen-bond donors (Lipinski definition) is 1. The number of anilines is 1. The van der Waals surface area contributed by atoms with Crippen molar-refractivity contribution in [2.45, 2.75) is 26.3 Å². The van der Waals surface area contributed by atoms with Crippen LogP contribution in [0.5, 0.6) is 17.2 Å². The Labute approximate surface area is 220 Å². The summed E-state index contributed by atoms with van der Waals surface area (Å²) in [6.45, 7) is 4.39. The Bertz CT molecular complexity index is 1350. The summed E-state index contributed by atoms with van der Waals surface area (Å²) in [6, 6.07) is 16.4. The number of carbonyl (C=O) groups excluding carboxylic acids is 2. The van der Waals surface area contributed by atoms with Crippen molar-refractivity contribution < 1.29 is 28.9 Å². The van der Waals surface area contributed by atoms with Crippen LogP contribution < -0.4 is 19.1 Å². The summed E-state index contributed by atoms with van der Waals surface area (Å²) >= 11 is 6.37. The maximum atomic E-state index is 13.5. The third-order valence-electron chi connectivity index (χ3n) is 6.11. The van der Waals surface area contributed by atoms with E-state index in [2.05, 4.69) is 0 Å². The van der Waals surface area contributed by atoms with Crippen LogP contribution in [-0.2, 0) is 9.59 Å². The average molecular weight is 522 g/mol. The Kier molecular flexibility index (Phi) is 7.74. The number of aliphatic hydroxyl groups is 1. The number of ketones is 1. The average Bonchev–Trinajstić information content (AvgIpc) is 3.17. The van der Waals surface area contributed by atoms with Crippen LogP contribution in [0.15, 0.2) is 66.2 Å². The molecule has 37 heavy (non-hydrogen) atoms. The second-order valence-corrected chi connectivity index (χ2v) is 9.02. The molecule has 7 nitrogen and oxygen atoms in total. The number of carbonyl (C=O) groups is 2. The third kappa shape index (κ3) is 5.00. The van der Waals surface area contributed by atoms with E-state index in [1.807, 2.05) is 13.8 Å². The zero-order valence-electron chi connectivity index (χ0n) is 21.1. The molecule has 1 aliphatic heterocycles. The minimum atomic E-state index is -0.905. The van der Waals surface area contributed by atoms with E-state index in [-0.39, 0.29) is 27.7 Å². The van der Waals surface area contributed by atoms with Crippen LogP contribution in [0.2, 0.25) is 5.02 Å². The first-order valence-electron chi connectivity index (χ1n) is 11.8. The van der Waals surface area contributed by atoms with Crippen LogP contribution in [0.4, 0.5) is 5.69 Å². The minimum Gasteiger partial charge on any atom is -0.507 e. The van der Waals surface area contributed by atoms with Gasteiger partial charge in [0.25, 0.3) is 11.7 Å². The van der Waals surface area contributed by atoms with Gasteiger partial charge in [-0.3, -0.25) is 14.5 Å². The molecule has 3 aromatic rings. The molecule has 1 atom stereocenters. The lowest BCUT2D eigenvalue weighted by molar-refractivity contribution is -0.132. The summed E-state index contributed by atoms with van der Waals surface area (Å²) in [4.78, 5) is 28.2. The zero-order valence-corrected chi connectivity index (χ0v) is 21.8. The number of aryl methyl sites for hydroxylation is 1. The van der Waals surface area contributed by atoms with Crippen LogP contribution >= 0.6 is 11.6 Å². The number of aliphatic hydroxyl groups excluding tert-OH is 1. The molecule has 1 amide bonds. The number of ether oxygens (including phenoxy) is 3. The molecule has 8 heteroatoms. The van der Waals surface area contributed by atoms with Crippen molar-refractivity contribution in [3.05, 3.63) is 87.9 Å². The Hall–Kier alpha value is -3.97. The van der Waals surface area contributed by atoms with Crippen LogP contribution in [0.3, 0.4) is 0 Å². The fourth-order valence-corrected chi connectivity index (χ4v) is 4.73. The van der Waals surface area contributed by atoms with Gasteiger partial charge >= 0.3 is 0 Å². The summed E-state index contributed by atoms with van der Waals surface area (Å²) in [5.74, 6) is -0.465. The molecule has 0 radical (unpaired) electrons. The van der Waals surface area contributed by atoms with Gasteiger partial charge < -0.3 is 19.3 Å². The number of nitrogens with zero attached hydrogens (tertiary/aromatic N) is 1. The number of rotatable bonds is 8. The Morgan fingerprint density at radius 3 is 2.22 bits per heavy atom. The molecular weight excluding hydrogens is 494 g/mol. The van der Waals surface area contributed by atoms with Gasteiger partial charge in [-0.1, -0.05) is 30.7 Å². The van der Waals surface area contributed by atoms with Crippen LogP contribution in [0.25, 0.3) is 5.76 Å². The molecular formula is C29H28ClNO6. The van der Waals surface area contributed by atoms with Gasteiger partial charge in [0, 0.05) is 5.69 Å². The topological polar surface area (TPSA) is 85.3 Å². The van der Waals surface area contributed by atoms with Crippen molar-refractivity contribution in [2.75, 3.05) is 25.7 Å². The Balaban J connectivity index is 1.93. The number of hydrogen-bond acceptors (Lipinski definition) is 6. The summed E-state index contributed by atoms with van der Waals surface area (Å²) in [5.41, 5.74) is 2.02. The van der Waals surface area contributed by atoms with Gasteiger partial charge in [0.05, 0.1) is 43.0 Å². The molecule has 1 N–H and O–H groups in total. The van der Waals surface area contributed by atoms with Crippen LogP contribution in [-0.4, -0.2) is 37.6 Å². The van der Waals surface area contributed by atoms with E-state index in [4.69, 9.17) is 25.8 Å². The second-order valence-electron chi connectivity index (χ2n) is 8.61. The molecule has 1 heterocycles. The molecule has 1 aliphatic rings. The maximum absolute atomic E-state index is 13.5. The number of halogens is 1. The summed E-state index contributed by atoms with van der Waals surface area (Å²) in [7, 11) is 2.97. The molecule has 0 aliphatic carbocycles. The Morgan fingerprint density at radius 2 is 1.62 bits per heavy atom. The molecule has 3 aromatic carbocycles. The van der Waals surface area contributed by atoms with Crippen molar-refractivity contribution in [3.8, 4) is 17.2 Å². The van der Waals surface area contributed by atoms with E-state index < -0.39 is 17.7 Å². The predicted molar refractivity (Wildman–Crippen MR) is 143 cm³/mol. The lowest BCUT2D eigenvalue weighted by Crippen LogP contribution is -2.29. The highest BCUT2D eigenvalue weighted by Crippen LogP contribution is 2.45. The number of amides is 1. The number of benzene rings is 3.